The van der Waals surface area contributed by atoms with E-state index in [2.05, 4.69) is 10.5 Å². The van der Waals surface area contributed by atoms with Crippen LogP contribution in [-0.2, 0) is 12.8 Å². The smallest absolute Gasteiger partial charge is 0.312 e. The van der Waals surface area contributed by atoms with E-state index in [1.807, 2.05) is 6.07 Å². The molecule has 1 aromatic carbocycles. The molecule has 7 nitrogen and oxygen atoms in total. The molecule has 0 radical (unpaired) electrons. The van der Waals surface area contributed by atoms with Gasteiger partial charge < -0.3 is 5.11 Å². The number of benzene rings is 1. The first kappa shape index (κ1) is 16.4. The molecule has 1 amide bonds. The summed E-state index contributed by atoms with van der Waals surface area (Å²) in [6.07, 6.45) is 4.22. The number of amides is 1. The molecule has 0 bridgehead atoms. The second-order valence-corrected chi connectivity index (χ2v) is 6.80. The molecule has 0 aliphatic heterocycles. The Morgan fingerprint density at radius 3 is 2.92 bits per heavy atom. The summed E-state index contributed by atoms with van der Waals surface area (Å²) < 4.78 is 0. The van der Waals surface area contributed by atoms with Gasteiger partial charge in [-0.3, -0.25) is 14.9 Å². The van der Waals surface area contributed by atoms with Crippen LogP contribution in [0.2, 0.25) is 5.02 Å². The van der Waals surface area contributed by atoms with E-state index in [4.69, 9.17) is 11.6 Å². The number of thiophene rings is 1. The summed E-state index contributed by atoms with van der Waals surface area (Å²) in [6, 6.07) is 4.22. The van der Waals surface area contributed by atoms with Crippen molar-refractivity contribution >= 4 is 40.7 Å². The number of phenols is 1. The Morgan fingerprint density at radius 1 is 1.42 bits per heavy atom. The summed E-state index contributed by atoms with van der Waals surface area (Å²) in [4.78, 5) is 23.9. The van der Waals surface area contributed by atoms with Crippen molar-refractivity contribution < 1.29 is 14.8 Å². The Kier molecular flexibility index (Phi) is 4.50. The van der Waals surface area contributed by atoms with Crippen LogP contribution in [0.4, 0.5) is 5.69 Å². The number of carbonyl (C=O) groups is 1. The van der Waals surface area contributed by atoms with Crippen LogP contribution in [-0.4, -0.2) is 22.2 Å². The number of hydrogen-bond acceptors (Lipinski definition) is 6. The van der Waals surface area contributed by atoms with Crippen molar-refractivity contribution in [3.05, 3.63) is 54.2 Å². The van der Waals surface area contributed by atoms with E-state index in [1.165, 1.54) is 27.8 Å². The highest BCUT2D eigenvalue weighted by atomic mass is 35.5. The lowest BCUT2D eigenvalue weighted by molar-refractivity contribution is -0.385. The van der Waals surface area contributed by atoms with E-state index in [0.29, 0.717) is 4.88 Å². The normalized spacial score (nSPS) is 13.2. The monoisotopic (exact) mass is 365 g/mol. The van der Waals surface area contributed by atoms with Crippen molar-refractivity contribution in [1.82, 2.24) is 5.43 Å². The highest BCUT2D eigenvalue weighted by Gasteiger charge is 2.19. The fraction of sp³-hybridized carbons (Fsp3) is 0.200. The van der Waals surface area contributed by atoms with E-state index in [0.717, 1.165) is 31.5 Å². The molecule has 1 aliphatic carbocycles. The molecule has 124 valence electrons. The number of hydrogen-bond donors (Lipinski definition) is 2. The Labute approximate surface area is 145 Å². The largest absolute Gasteiger partial charge is 0.502 e. The molecule has 0 atom stereocenters. The van der Waals surface area contributed by atoms with Crippen molar-refractivity contribution in [2.75, 3.05) is 0 Å². The Balaban J connectivity index is 1.74. The SMILES string of the molecule is O=C(N/N=C\c1cc(Cl)cc([N+](=O)[O-])c1O)c1cc2c(s1)CCC2. The van der Waals surface area contributed by atoms with Crippen molar-refractivity contribution in [2.45, 2.75) is 19.3 Å². The third kappa shape index (κ3) is 3.24. The molecular weight excluding hydrogens is 354 g/mol. The summed E-state index contributed by atoms with van der Waals surface area (Å²) >= 11 is 7.23. The first-order chi connectivity index (χ1) is 11.5. The molecule has 0 fully saturated rings. The maximum Gasteiger partial charge on any atom is 0.312 e. The van der Waals surface area contributed by atoms with Crippen LogP contribution in [0.15, 0.2) is 23.3 Å². The quantitative estimate of drug-likeness (QED) is 0.492. The molecule has 1 heterocycles. The van der Waals surface area contributed by atoms with Crippen molar-refractivity contribution in [1.29, 1.82) is 0 Å². The predicted octanol–water partition coefficient (Wildman–Crippen LogP) is 3.27. The molecule has 0 spiro atoms. The van der Waals surface area contributed by atoms with Gasteiger partial charge in [-0.25, -0.2) is 5.43 Å². The summed E-state index contributed by atoms with van der Waals surface area (Å²) in [5.74, 6) is -0.917. The average molecular weight is 366 g/mol. The first-order valence-electron chi connectivity index (χ1n) is 7.07. The molecule has 2 aromatic rings. The number of nitro groups is 1. The van der Waals surface area contributed by atoms with Crippen molar-refractivity contribution in [3.8, 4) is 5.75 Å². The zero-order valence-corrected chi connectivity index (χ0v) is 13.9. The van der Waals surface area contributed by atoms with Gasteiger partial charge in [-0.05, 0) is 37.0 Å². The van der Waals surface area contributed by atoms with Gasteiger partial charge in [0.1, 0.15) is 0 Å². The van der Waals surface area contributed by atoms with Gasteiger partial charge in [-0.15, -0.1) is 11.3 Å². The average Bonchev–Trinajstić information content (AvgIpc) is 3.11. The van der Waals surface area contributed by atoms with Crippen LogP contribution >= 0.6 is 22.9 Å². The van der Waals surface area contributed by atoms with Crippen LogP contribution < -0.4 is 5.43 Å². The number of aryl methyl sites for hydroxylation is 2. The fourth-order valence-corrected chi connectivity index (χ4v) is 3.86. The van der Waals surface area contributed by atoms with E-state index >= 15 is 0 Å². The van der Waals surface area contributed by atoms with Gasteiger partial charge >= 0.3 is 5.69 Å². The molecule has 9 heteroatoms. The van der Waals surface area contributed by atoms with Crippen molar-refractivity contribution in [2.24, 2.45) is 5.10 Å². The molecule has 0 unspecified atom stereocenters. The minimum absolute atomic E-state index is 0.0446. The Morgan fingerprint density at radius 2 is 2.21 bits per heavy atom. The second kappa shape index (κ2) is 6.58. The second-order valence-electron chi connectivity index (χ2n) is 5.23. The highest BCUT2D eigenvalue weighted by molar-refractivity contribution is 7.14. The lowest BCUT2D eigenvalue weighted by atomic mass is 10.2. The number of hydrazone groups is 1. The number of halogens is 1. The van der Waals surface area contributed by atoms with Crippen LogP contribution in [0, 0.1) is 10.1 Å². The zero-order valence-electron chi connectivity index (χ0n) is 12.3. The topological polar surface area (TPSA) is 105 Å². The van der Waals surface area contributed by atoms with Crippen LogP contribution in [0.3, 0.4) is 0 Å². The fourth-order valence-electron chi connectivity index (χ4n) is 2.50. The Hall–Kier alpha value is -2.45. The maximum atomic E-state index is 12.1. The number of nitrogens with zero attached hydrogens (tertiary/aromatic N) is 2. The molecule has 1 aliphatic rings. The maximum absolute atomic E-state index is 12.1. The van der Waals surface area contributed by atoms with Crippen LogP contribution in [0.5, 0.6) is 5.75 Å². The highest BCUT2D eigenvalue weighted by Crippen LogP contribution is 2.32. The van der Waals surface area contributed by atoms with Gasteiger partial charge in [0.15, 0.2) is 0 Å². The van der Waals surface area contributed by atoms with Gasteiger partial charge in [-0.1, -0.05) is 11.6 Å². The standard InChI is InChI=1S/C15H12ClN3O4S/c16-10-4-9(14(20)11(6-10)19(22)23)7-17-18-15(21)13-5-8-2-1-3-12(8)24-13/h4-7,20H,1-3H2,(H,18,21)/b17-7-. The summed E-state index contributed by atoms with van der Waals surface area (Å²) in [5, 5.41) is 24.5. The van der Waals surface area contributed by atoms with E-state index in [1.54, 1.807) is 0 Å². The number of nitro benzene ring substituents is 1. The van der Waals surface area contributed by atoms with Crippen molar-refractivity contribution in [3.63, 3.8) is 0 Å². The molecule has 0 saturated carbocycles. The molecular formula is C15H12ClN3O4S. The minimum atomic E-state index is -0.746. The molecule has 1 aromatic heterocycles. The molecule has 24 heavy (non-hydrogen) atoms. The van der Waals surface area contributed by atoms with Crippen LogP contribution in [0.1, 0.15) is 32.1 Å². The van der Waals surface area contributed by atoms with Gasteiger partial charge in [0.2, 0.25) is 5.75 Å². The number of phenolic OH excluding ortho intramolecular Hbond substituents is 1. The third-order valence-corrected chi connectivity index (χ3v) is 5.07. The number of nitrogens with one attached hydrogen (secondary N) is 1. The van der Waals surface area contributed by atoms with Gasteiger partial charge in [0.05, 0.1) is 16.0 Å². The first-order valence-corrected chi connectivity index (χ1v) is 8.27. The summed E-state index contributed by atoms with van der Waals surface area (Å²) in [5.41, 5.74) is 3.08. The lowest BCUT2D eigenvalue weighted by Gasteiger charge is -2.01. The number of carbonyl (C=O) groups excluding carboxylic acids is 1. The number of fused-ring (bicyclic) bond motifs is 1. The van der Waals surface area contributed by atoms with Gasteiger partial charge in [0, 0.05) is 21.5 Å². The third-order valence-electron chi connectivity index (χ3n) is 3.62. The van der Waals surface area contributed by atoms with E-state index in [9.17, 15) is 20.0 Å². The zero-order chi connectivity index (χ0) is 17.3. The predicted molar refractivity (Wildman–Crippen MR) is 91.2 cm³/mol. The Bertz CT molecular complexity index is 841. The van der Waals surface area contributed by atoms with Gasteiger partial charge in [-0.2, -0.15) is 5.10 Å². The minimum Gasteiger partial charge on any atom is -0.502 e. The molecule has 3 rings (SSSR count). The lowest BCUT2D eigenvalue weighted by Crippen LogP contribution is -2.16. The summed E-state index contributed by atoms with van der Waals surface area (Å²) in [6.45, 7) is 0. The number of rotatable bonds is 4. The van der Waals surface area contributed by atoms with E-state index in [-0.39, 0.29) is 16.5 Å². The van der Waals surface area contributed by atoms with Crippen LogP contribution in [0.25, 0.3) is 0 Å². The number of aromatic hydroxyl groups is 1. The molecule has 2 N–H and O–H groups in total. The molecule has 0 saturated heterocycles. The van der Waals surface area contributed by atoms with Gasteiger partial charge in [0.25, 0.3) is 5.91 Å². The summed E-state index contributed by atoms with van der Waals surface area (Å²) in [7, 11) is 0. The van der Waals surface area contributed by atoms with E-state index < -0.39 is 16.4 Å².